The Hall–Kier alpha value is -3.65. The van der Waals surface area contributed by atoms with Crippen LogP contribution in [0.4, 0.5) is 34.5 Å². The molecule has 1 aliphatic rings. The van der Waals surface area contributed by atoms with Gasteiger partial charge in [0.1, 0.15) is 5.82 Å². The summed E-state index contributed by atoms with van der Waals surface area (Å²) >= 11 is 0. The van der Waals surface area contributed by atoms with E-state index in [0.29, 0.717) is 11.8 Å². The Labute approximate surface area is 175 Å². The molecule has 1 aliphatic heterocycles. The van der Waals surface area contributed by atoms with Crippen LogP contribution in [0.5, 0.6) is 0 Å². The van der Waals surface area contributed by atoms with Crippen molar-refractivity contribution in [2.24, 2.45) is 0 Å². The third-order valence-corrected chi connectivity index (χ3v) is 4.63. The number of morpholine rings is 1. The zero-order valence-corrected chi connectivity index (χ0v) is 16.8. The molecule has 30 heavy (non-hydrogen) atoms. The fraction of sp³-hybridized carbons (Fsp3) is 0.227. The van der Waals surface area contributed by atoms with Crippen LogP contribution < -0.4 is 20.9 Å². The third-order valence-electron chi connectivity index (χ3n) is 4.63. The molecule has 0 aliphatic carbocycles. The number of rotatable bonds is 6. The van der Waals surface area contributed by atoms with Gasteiger partial charge in [-0.15, -0.1) is 0 Å². The summed E-state index contributed by atoms with van der Waals surface area (Å²) in [6.45, 7) is 4.84. The van der Waals surface area contributed by atoms with Crippen molar-refractivity contribution in [3.63, 3.8) is 0 Å². The van der Waals surface area contributed by atoms with Crippen molar-refractivity contribution >= 4 is 40.4 Å². The van der Waals surface area contributed by atoms with Gasteiger partial charge in [-0.25, -0.2) is 4.98 Å². The number of nitrogens with one attached hydrogen (secondary N) is 3. The zero-order valence-electron chi connectivity index (χ0n) is 16.8. The van der Waals surface area contributed by atoms with Crippen LogP contribution in [0.2, 0.25) is 0 Å². The molecule has 0 unspecified atom stereocenters. The number of carbonyl (C=O) groups is 1. The molecule has 2 aromatic carbocycles. The molecule has 0 saturated carbocycles. The third kappa shape index (κ3) is 5.24. The summed E-state index contributed by atoms with van der Waals surface area (Å²) in [7, 11) is 0. The number of amides is 1. The first-order valence-corrected chi connectivity index (χ1v) is 9.83. The van der Waals surface area contributed by atoms with Crippen molar-refractivity contribution in [1.29, 1.82) is 0 Å². The fourth-order valence-electron chi connectivity index (χ4n) is 3.18. The van der Waals surface area contributed by atoms with E-state index in [0.717, 1.165) is 43.4 Å². The first-order valence-electron chi connectivity index (χ1n) is 9.83. The van der Waals surface area contributed by atoms with Crippen LogP contribution in [-0.2, 0) is 9.53 Å². The number of nitrogens with zero attached hydrogens (tertiary/aromatic N) is 3. The van der Waals surface area contributed by atoms with Crippen molar-refractivity contribution in [3.05, 3.63) is 60.8 Å². The van der Waals surface area contributed by atoms with Crippen LogP contribution in [-0.4, -0.2) is 42.2 Å². The lowest BCUT2D eigenvalue weighted by molar-refractivity contribution is -0.114. The SMILES string of the molecule is CC(=O)Nc1ccc(Nc2ccnc(Nc3ccc(N4CCOCC4)cc3)n2)cc1. The number of hydrogen-bond acceptors (Lipinski definition) is 7. The molecule has 0 bridgehead atoms. The summed E-state index contributed by atoms with van der Waals surface area (Å²) in [6.07, 6.45) is 1.70. The first-order chi connectivity index (χ1) is 14.7. The van der Waals surface area contributed by atoms with E-state index < -0.39 is 0 Å². The maximum Gasteiger partial charge on any atom is 0.229 e. The van der Waals surface area contributed by atoms with Gasteiger partial charge in [-0.2, -0.15) is 4.98 Å². The summed E-state index contributed by atoms with van der Waals surface area (Å²) in [4.78, 5) is 22.2. The van der Waals surface area contributed by atoms with E-state index in [1.165, 1.54) is 12.6 Å². The molecular formula is C22H24N6O2. The molecule has 3 N–H and O–H groups in total. The van der Waals surface area contributed by atoms with Gasteiger partial charge in [0.05, 0.1) is 13.2 Å². The summed E-state index contributed by atoms with van der Waals surface area (Å²) in [5.41, 5.74) is 3.72. The lowest BCUT2D eigenvalue weighted by Gasteiger charge is -2.28. The predicted octanol–water partition coefficient (Wildman–Crippen LogP) is 3.76. The second kappa shape index (κ2) is 9.23. The van der Waals surface area contributed by atoms with Crippen molar-refractivity contribution in [1.82, 2.24) is 9.97 Å². The van der Waals surface area contributed by atoms with Crippen LogP contribution >= 0.6 is 0 Å². The predicted molar refractivity (Wildman–Crippen MR) is 119 cm³/mol. The van der Waals surface area contributed by atoms with Crippen molar-refractivity contribution < 1.29 is 9.53 Å². The van der Waals surface area contributed by atoms with E-state index in [4.69, 9.17) is 4.74 Å². The maximum atomic E-state index is 11.1. The molecule has 1 fully saturated rings. The molecule has 1 amide bonds. The smallest absolute Gasteiger partial charge is 0.229 e. The van der Waals surface area contributed by atoms with Gasteiger partial charge in [0.2, 0.25) is 11.9 Å². The number of aromatic nitrogens is 2. The summed E-state index contributed by atoms with van der Waals surface area (Å²) in [5.74, 6) is 1.08. The summed E-state index contributed by atoms with van der Waals surface area (Å²) < 4.78 is 5.41. The Kier molecular flexibility index (Phi) is 6.05. The summed E-state index contributed by atoms with van der Waals surface area (Å²) in [6, 6.07) is 17.5. The maximum absolute atomic E-state index is 11.1. The minimum absolute atomic E-state index is 0.0970. The Morgan fingerprint density at radius 3 is 2.23 bits per heavy atom. The van der Waals surface area contributed by atoms with Gasteiger partial charge in [-0.1, -0.05) is 0 Å². The van der Waals surface area contributed by atoms with Crippen LogP contribution in [0.3, 0.4) is 0 Å². The Balaban J connectivity index is 1.39. The van der Waals surface area contributed by atoms with E-state index in [1.54, 1.807) is 12.3 Å². The van der Waals surface area contributed by atoms with Gasteiger partial charge >= 0.3 is 0 Å². The van der Waals surface area contributed by atoms with Gasteiger partial charge in [0, 0.05) is 49.0 Å². The van der Waals surface area contributed by atoms with Gasteiger partial charge < -0.3 is 25.6 Å². The van der Waals surface area contributed by atoms with Crippen LogP contribution in [0.15, 0.2) is 60.8 Å². The molecule has 2 heterocycles. The molecule has 0 atom stereocenters. The van der Waals surface area contributed by atoms with Gasteiger partial charge in [0.25, 0.3) is 0 Å². The molecule has 1 aromatic heterocycles. The quantitative estimate of drug-likeness (QED) is 0.576. The van der Waals surface area contributed by atoms with Crippen LogP contribution in [0.1, 0.15) is 6.92 Å². The van der Waals surface area contributed by atoms with E-state index in [-0.39, 0.29) is 5.91 Å². The Morgan fingerprint density at radius 1 is 0.900 bits per heavy atom. The molecule has 8 nitrogen and oxygen atoms in total. The zero-order chi connectivity index (χ0) is 20.8. The van der Waals surface area contributed by atoms with Crippen LogP contribution in [0, 0.1) is 0 Å². The number of ether oxygens (including phenoxy) is 1. The monoisotopic (exact) mass is 404 g/mol. The largest absolute Gasteiger partial charge is 0.378 e. The van der Waals surface area contributed by atoms with Crippen molar-refractivity contribution in [2.45, 2.75) is 6.92 Å². The standard InChI is InChI=1S/C22H24N6O2/c1-16(29)24-17-2-4-18(5-3-17)25-21-10-11-23-22(27-21)26-19-6-8-20(9-7-19)28-12-14-30-15-13-28/h2-11H,12-15H2,1H3,(H,24,29)(H2,23,25,26,27). The van der Waals surface area contributed by atoms with Crippen molar-refractivity contribution in [3.8, 4) is 0 Å². The average molecular weight is 404 g/mol. The highest BCUT2D eigenvalue weighted by Gasteiger charge is 2.11. The molecule has 0 radical (unpaired) electrons. The lowest BCUT2D eigenvalue weighted by Crippen LogP contribution is -2.36. The minimum atomic E-state index is -0.0970. The van der Waals surface area contributed by atoms with Crippen LogP contribution in [0.25, 0.3) is 0 Å². The van der Waals surface area contributed by atoms with Gasteiger partial charge in [0.15, 0.2) is 0 Å². The van der Waals surface area contributed by atoms with E-state index in [1.807, 2.05) is 36.4 Å². The highest BCUT2D eigenvalue weighted by Crippen LogP contribution is 2.22. The fourth-order valence-corrected chi connectivity index (χ4v) is 3.18. The molecule has 3 aromatic rings. The lowest BCUT2D eigenvalue weighted by atomic mass is 10.2. The minimum Gasteiger partial charge on any atom is -0.378 e. The normalized spacial score (nSPS) is 13.6. The molecule has 4 rings (SSSR count). The van der Waals surface area contributed by atoms with E-state index in [9.17, 15) is 4.79 Å². The number of carbonyl (C=O) groups excluding carboxylic acids is 1. The number of hydrogen-bond donors (Lipinski definition) is 3. The second-order valence-electron chi connectivity index (χ2n) is 6.92. The van der Waals surface area contributed by atoms with Crippen molar-refractivity contribution in [2.75, 3.05) is 47.2 Å². The Morgan fingerprint density at radius 2 is 1.53 bits per heavy atom. The number of benzene rings is 2. The molecule has 8 heteroatoms. The first kappa shape index (κ1) is 19.7. The molecule has 1 saturated heterocycles. The van der Waals surface area contributed by atoms with E-state index >= 15 is 0 Å². The molecule has 0 spiro atoms. The molecule has 154 valence electrons. The Bertz CT molecular complexity index is 985. The van der Waals surface area contributed by atoms with E-state index in [2.05, 4.69) is 43.0 Å². The topological polar surface area (TPSA) is 91.4 Å². The second-order valence-corrected chi connectivity index (χ2v) is 6.92. The number of anilines is 6. The highest BCUT2D eigenvalue weighted by molar-refractivity contribution is 5.88. The summed E-state index contributed by atoms with van der Waals surface area (Å²) in [5, 5.41) is 9.22. The van der Waals surface area contributed by atoms with Gasteiger partial charge in [-0.05, 0) is 54.6 Å². The van der Waals surface area contributed by atoms with Gasteiger partial charge in [-0.3, -0.25) is 4.79 Å². The molecular weight excluding hydrogens is 380 g/mol. The highest BCUT2D eigenvalue weighted by atomic mass is 16.5. The average Bonchev–Trinajstić information content (AvgIpc) is 2.76.